The Morgan fingerprint density at radius 1 is 1.03 bits per heavy atom. The van der Waals surface area contributed by atoms with Crippen LogP contribution in [0.25, 0.3) is 0 Å². The molecule has 3 rings (SSSR count). The Labute approximate surface area is 191 Å². The van der Waals surface area contributed by atoms with Crippen LogP contribution in [0.4, 0.5) is 0 Å². The zero-order valence-electron chi connectivity index (χ0n) is 17.0. The molecule has 31 heavy (non-hydrogen) atoms. The van der Waals surface area contributed by atoms with Crippen molar-refractivity contribution in [1.82, 2.24) is 0 Å². The molecule has 7 nitrogen and oxygen atoms in total. The van der Waals surface area contributed by atoms with Crippen LogP contribution in [0.1, 0.15) is 36.2 Å². The number of carbonyl (C=O) groups is 3. The SMILES string of the molecule is CC(C)(Oc1ccc(C(=O)c2ccc(Cl)cc2)cc1)C(=O)O[C@H]1C[NH2+][C@H](C(=O)O)C1.[Cl-]. The fourth-order valence-electron chi connectivity index (χ4n) is 3.16. The maximum Gasteiger partial charge on any atom is 0.362 e. The summed E-state index contributed by atoms with van der Waals surface area (Å²) in [5, 5.41) is 11.2. The van der Waals surface area contributed by atoms with Gasteiger partial charge in [-0.1, -0.05) is 11.6 Å². The minimum atomic E-state index is -1.27. The number of hydrogen-bond acceptors (Lipinski definition) is 5. The first-order valence-corrected chi connectivity index (χ1v) is 9.90. The normalized spacial score (nSPS) is 18.0. The highest BCUT2D eigenvalue weighted by molar-refractivity contribution is 6.30. The van der Waals surface area contributed by atoms with E-state index in [1.54, 1.807) is 67.7 Å². The second kappa shape index (κ2) is 10.1. The highest BCUT2D eigenvalue weighted by Gasteiger charge is 2.40. The average molecular weight is 468 g/mol. The number of quaternary nitrogens is 1. The first kappa shape index (κ1) is 24.7. The summed E-state index contributed by atoms with van der Waals surface area (Å²) in [6, 6.07) is 12.5. The number of carboxylic acid groups (broad SMARTS) is 1. The van der Waals surface area contributed by atoms with E-state index in [9.17, 15) is 14.4 Å². The summed E-state index contributed by atoms with van der Waals surface area (Å²) in [6.45, 7) is 3.56. The van der Waals surface area contributed by atoms with Crippen molar-refractivity contribution in [1.29, 1.82) is 0 Å². The molecule has 2 aromatic rings. The van der Waals surface area contributed by atoms with E-state index >= 15 is 0 Å². The van der Waals surface area contributed by atoms with Crippen LogP contribution in [-0.4, -0.2) is 47.1 Å². The molecule has 0 unspecified atom stereocenters. The molecule has 0 amide bonds. The molecule has 0 radical (unpaired) electrons. The monoisotopic (exact) mass is 467 g/mol. The van der Waals surface area contributed by atoms with Crippen LogP contribution in [-0.2, 0) is 14.3 Å². The molecule has 1 fully saturated rings. The van der Waals surface area contributed by atoms with Gasteiger partial charge in [0.1, 0.15) is 12.3 Å². The molecule has 0 spiro atoms. The van der Waals surface area contributed by atoms with Gasteiger partial charge in [0.25, 0.3) is 0 Å². The number of carbonyl (C=O) groups excluding carboxylic acids is 2. The Morgan fingerprint density at radius 3 is 2.10 bits per heavy atom. The van der Waals surface area contributed by atoms with Crippen LogP contribution in [0.2, 0.25) is 5.02 Å². The van der Waals surface area contributed by atoms with Crippen molar-refractivity contribution in [3.05, 3.63) is 64.7 Å². The molecule has 0 aromatic heterocycles. The van der Waals surface area contributed by atoms with Gasteiger partial charge in [-0.15, -0.1) is 0 Å². The highest BCUT2D eigenvalue weighted by Crippen LogP contribution is 2.23. The molecule has 3 N–H and O–H groups in total. The van der Waals surface area contributed by atoms with Crippen molar-refractivity contribution in [3.63, 3.8) is 0 Å². The van der Waals surface area contributed by atoms with Gasteiger partial charge < -0.3 is 32.3 Å². The van der Waals surface area contributed by atoms with Gasteiger partial charge in [-0.2, -0.15) is 0 Å². The van der Waals surface area contributed by atoms with Gasteiger partial charge in [0.05, 0.1) is 6.42 Å². The molecular formula is C22H23Cl2NO6. The predicted molar refractivity (Wildman–Crippen MR) is 109 cm³/mol. The lowest BCUT2D eigenvalue weighted by Crippen LogP contribution is -3.00. The molecule has 9 heteroatoms. The topological polar surface area (TPSA) is 107 Å². The van der Waals surface area contributed by atoms with E-state index in [-0.39, 0.29) is 24.6 Å². The number of aliphatic carboxylic acids is 1. The van der Waals surface area contributed by atoms with E-state index in [0.717, 1.165) is 0 Å². The summed E-state index contributed by atoms with van der Waals surface area (Å²) in [4.78, 5) is 36.1. The summed E-state index contributed by atoms with van der Waals surface area (Å²) >= 11 is 5.85. The van der Waals surface area contributed by atoms with Crippen LogP contribution < -0.4 is 22.5 Å². The summed E-state index contributed by atoms with van der Waals surface area (Å²) in [6.07, 6.45) is -0.209. The number of carboxylic acids is 1. The number of ether oxygens (including phenoxy) is 2. The third-order valence-electron chi connectivity index (χ3n) is 4.88. The summed E-state index contributed by atoms with van der Waals surface area (Å²) in [7, 11) is 0. The largest absolute Gasteiger partial charge is 1.00 e. The molecule has 1 aliphatic heterocycles. The van der Waals surface area contributed by atoms with Crippen molar-refractivity contribution in [2.45, 2.75) is 38.0 Å². The number of rotatable bonds is 7. The smallest absolute Gasteiger partial charge is 0.362 e. The lowest BCUT2D eigenvalue weighted by atomic mass is 10.0. The zero-order valence-corrected chi connectivity index (χ0v) is 18.5. The second-order valence-corrected chi connectivity index (χ2v) is 8.09. The molecule has 166 valence electrons. The molecule has 1 aliphatic rings. The van der Waals surface area contributed by atoms with Crippen molar-refractivity contribution < 1.29 is 46.7 Å². The van der Waals surface area contributed by atoms with Crippen LogP contribution >= 0.6 is 11.6 Å². The Hall–Kier alpha value is -2.61. The average Bonchev–Trinajstić information content (AvgIpc) is 3.17. The zero-order chi connectivity index (χ0) is 21.9. The van der Waals surface area contributed by atoms with E-state index in [1.165, 1.54) is 0 Å². The maximum absolute atomic E-state index is 12.5. The number of halogens is 2. The first-order chi connectivity index (χ1) is 14.2. The number of hydrogen-bond donors (Lipinski definition) is 2. The van der Waals surface area contributed by atoms with Gasteiger partial charge >= 0.3 is 11.9 Å². The number of benzene rings is 2. The van der Waals surface area contributed by atoms with Gasteiger partial charge in [-0.3, -0.25) is 4.79 Å². The predicted octanol–water partition coefficient (Wildman–Crippen LogP) is -0.935. The van der Waals surface area contributed by atoms with Crippen LogP contribution in [0, 0.1) is 0 Å². The van der Waals surface area contributed by atoms with Crippen LogP contribution in [0.15, 0.2) is 48.5 Å². The molecule has 2 aromatic carbocycles. The Kier molecular flexibility index (Phi) is 8.06. The van der Waals surface area contributed by atoms with E-state index in [1.807, 2.05) is 0 Å². The number of ketones is 1. The van der Waals surface area contributed by atoms with Crippen molar-refractivity contribution >= 4 is 29.3 Å². The Bertz CT molecular complexity index is 943. The summed E-state index contributed by atoms with van der Waals surface area (Å²) in [5.41, 5.74) is -0.278. The van der Waals surface area contributed by atoms with Gasteiger partial charge in [0.15, 0.2) is 23.5 Å². The fourth-order valence-corrected chi connectivity index (χ4v) is 3.29. The van der Waals surface area contributed by atoms with Gasteiger partial charge in [-0.25, -0.2) is 9.59 Å². The molecular weight excluding hydrogens is 445 g/mol. The van der Waals surface area contributed by atoms with E-state index in [2.05, 4.69) is 0 Å². The first-order valence-electron chi connectivity index (χ1n) is 9.52. The molecule has 0 bridgehead atoms. The minimum absolute atomic E-state index is 0. The van der Waals surface area contributed by atoms with Crippen molar-refractivity contribution in [2.24, 2.45) is 0 Å². The molecule has 0 aliphatic carbocycles. The standard InChI is InChI=1S/C22H22ClNO6.ClH/c1-22(2,21(28)29-17-11-18(20(26)27)24-12-17)30-16-9-5-14(6-10-16)19(25)13-3-7-15(23)8-4-13;/h3-10,17-18,24H,11-12H2,1-2H3,(H,26,27);1H/t17-,18+;/m1./s1. The highest BCUT2D eigenvalue weighted by atomic mass is 35.5. The van der Waals surface area contributed by atoms with E-state index in [0.29, 0.717) is 28.4 Å². The van der Waals surface area contributed by atoms with Crippen LogP contribution in [0.5, 0.6) is 5.75 Å². The van der Waals surface area contributed by atoms with Crippen LogP contribution in [0.3, 0.4) is 0 Å². The molecule has 2 atom stereocenters. The van der Waals surface area contributed by atoms with Gasteiger partial charge in [-0.05, 0) is 62.4 Å². The van der Waals surface area contributed by atoms with Crippen molar-refractivity contribution in [2.75, 3.05) is 6.54 Å². The molecule has 1 saturated heterocycles. The maximum atomic E-state index is 12.5. The number of nitrogens with two attached hydrogens (primary N) is 1. The third-order valence-corrected chi connectivity index (χ3v) is 5.13. The number of esters is 1. The quantitative estimate of drug-likeness (QED) is 0.402. The Morgan fingerprint density at radius 2 is 1.58 bits per heavy atom. The van der Waals surface area contributed by atoms with E-state index < -0.39 is 29.7 Å². The van der Waals surface area contributed by atoms with Gasteiger partial charge in [0, 0.05) is 16.1 Å². The Balaban J connectivity index is 0.00000341. The fraction of sp³-hybridized carbons (Fsp3) is 0.318. The lowest BCUT2D eigenvalue weighted by Gasteiger charge is -2.25. The van der Waals surface area contributed by atoms with E-state index in [4.69, 9.17) is 26.2 Å². The third kappa shape index (κ3) is 6.19. The second-order valence-electron chi connectivity index (χ2n) is 7.65. The van der Waals surface area contributed by atoms with Crippen molar-refractivity contribution in [3.8, 4) is 5.75 Å². The minimum Gasteiger partial charge on any atom is -1.00 e. The van der Waals surface area contributed by atoms with Gasteiger partial charge in [0.2, 0.25) is 0 Å². The summed E-state index contributed by atoms with van der Waals surface area (Å²) in [5.74, 6) is -1.24. The lowest BCUT2D eigenvalue weighted by molar-refractivity contribution is -0.661. The molecule has 1 heterocycles. The summed E-state index contributed by atoms with van der Waals surface area (Å²) < 4.78 is 11.2. The molecule has 0 saturated carbocycles.